The van der Waals surface area contributed by atoms with E-state index >= 15 is 0 Å². The third kappa shape index (κ3) is 6.38. The number of ketones is 1. The van der Waals surface area contributed by atoms with Gasteiger partial charge in [0.15, 0.2) is 0 Å². The van der Waals surface area contributed by atoms with Crippen LogP contribution in [0.1, 0.15) is 59.7 Å². The number of hydrogen-bond acceptors (Lipinski definition) is 4. The molecule has 32 heavy (non-hydrogen) atoms. The summed E-state index contributed by atoms with van der Waals surface area (Å²) in [7, 11) is 0. The van der Waals surface area contributed by atoms with Crippen molar-refractivity contribution in [2.24, 2.45) is 0 Å². The third-order valence-corrected chi connectivity index (χ3v) is 5.21. The molecule has 0 saturated carbocycles. The van der Waals surface area contributed by atoms with E-state index < -0.39 is 11.7 Å². The van der Waals surface area contributed by atoms with Crippen molar-refractivity contribution in [3.63, 3.8) is 0 Å². The summed E-state index contributed by atoms with van der Waals surface area (Å²) in [5.74, 6) is -2.12. The zero-order chi connectivity index (χ0) is 22.9. The molecule has 166 valence electrons. The molecule has 3 amide bonds. The topological polar surface area (TPSA) is 104 Å². The molecule has 1 aliphatic rings. The number of Topliss-reactive ketones (excluding diaryl/α,β-unsaturated/α-hetero) is 1. The Balaban J connectivity index is 1.55. The van der Waals surface area contributed by atoms with Gasteiger partial charge in [-0.15, -0.1) is 0 Å². The van der Waals surface area contributed by atoms with Crippen LogP contribution in [0.3, 0.4) is 0 Å². The lowest BCUT2D eigenvalue weighted by Gasteiger charge is -2.13. The van der Waals surface area contributed by atoms with Gasteiger partial charge in [0.25, 0.3) is 17.6 Å². The first kappa shape index (κ1) is 22.9. The normalized spacial score (nSPS) is 13.0. The van der Waals surface area contributed by atoms with Crippen molar-refractivity contribution in [3.8, 4) is 0 Å². The Hall–Kier alpha value is -3.74. The summed E-state index contributed by atoms with van der Waals surface area (Å²) < 4.78 is 0. The minimum Gasteiger partial charge on any atom is -0.352 e. The number of para-hydroxylation sites is 1. The molecular formula is C25H27N3O4. The minimum absolute atomic E-state index is 0.101. The van der Waals surface area contributed by atoms with Gasteiger partial charge in [-0.25, -0.2) is 0 Å². The molecule has 0 unspecified atom stereocenters. The van der Waals surface area contributed by atoms with Crippen LogP contribution >= 0.6 is 0 Å². The highest BCUT2D eigenvalue weighted by Gasteiger charge is 2.20. The highest BCUT2D eigenvalue weighted by molar-refractivity contribution is 6.47. The minimum atomic E-state index is -0.833. The molecule has 0 aliphatic heterocycles. The summed E-state index contributed by atoms with van der Waals surface area (Å²) in [4.78, 5) is 48.6. The first-order chi connectivity index (χ1) is 15.4. The molecule has 7 heteroatoms. The van der Waals surface area contributed by atoms with Crippen LogP contribution < -0.4 is 16.0 Å². The SMILES string of the molecule is CC(=O)Nc1ccccc1C(=O)C(=O)Nc1ccc(C(=O)NCCC2=CCCCC2)cc1. The van der Waals surface area contributed by atoms with Gasteiger partial charge in [-0.2, -0.15) is 0 Å². The van der Waals surface area contributed by atoms with Crippen molar-refractivity contribution in [2.75, 3.05) is 17.2 Å². The average Bonchev–Trinajstić information content (AvgIpc) is 2.79. The fourth-order valence-electron chi connectivity index (χ4n) is 3.57. The quantitative estimate of drug-likeness (QED) is 0.331. The second-order valence-corrected chi connectivity index (χ2v) is 7.70. The zero-order valence-corrected chi connectivity index (χ0v) is 18.1. The van der Waals surface area contributed by atoms with E-state index in [0.29, 0.717) is 17.8 Å². The van der Waals surface area contributed by atoms with Crippen molar-refractivity contribution in [1.29, 1.82) is 0 Å². The van der Waals surface area contributed by atoms with Crippen molar-refractivity contribution in [1.82, 2.24) is 5.32 Å². The van der Waals surface area contributed by atoms with E-state index in [1.165, 1.54) is 31.4 Å². The number of rotatable bonds is 8. The number of carbonyl (C=O) groups excluding carboxylic acids is 4. The fourth-order valence-corrected chi connectivity index (χ4v) is 3.57. The van der Waals surface area contributed by atoms with Crippen LogP contribution in [0.15, 0.2) is 60.2 Å². The van der Waals surface area contributed by atoms with Gasteiger partial charge >= 0.3 is 0 Å². The number of nitrogens with one attached hydrogen (secondary N) is 3. The van der Waals surface area contributed by atoms with Gasteiger partial charge < -0.3 is 16.0 Å². The summed E-state index contributed by atoms with van der Waals surface area (Å²) in [6, 6.07) is 12.7. The smallest absolute Gasteiger partial charge is 0.296 e. The van der Waals surface area contributed by atoms with Crippen LogP contribution in [0.2, 0.25) is 0 Å². The van der Waals surface area contributed by atoms with E-state index in [9.17, 15) is 19.2 Å². The monoisotopic (exact) mass is 433 g/mol. The average molecular weight is 434 g/mol. The number of benzene rings is 2. The third-order valence-electron chi connectivity index (χ3n) is 5.21. The van der Waals surface area contributed by atoms with Gasteiger partial charge in [0, 0.05) is 24.7 Å². The number of allylic oxidation sites excluding steroid dienone is 1. The molecule has 3 N–H and O–H groups in total. The van der Waals surface area contributed by atoms with E-state index in [4.69, 9.17) is 0 Å². The van der Waals surface area contributed by atoms with Gasteiger partial charge in [-0.1, -0.05) is 23.8 Å². The number of hydrogen-bond donors (Lipinski definition) is 3. The predicted octanol–water partition coefficient (Wildman–Crippen LogP) is 4.09. The lowest BCUT2D eigenvalue weighted by Crippen LogP contribution is -2.25. The Bertz CT molecular complexity index is 1040. The van der Waals surface area contributed by atoms with E-state index in [0.717, 1.165) is 19.3 Å². The Morgan fingerprint density at radius 1 is 0.906 bits per heavy atom. The fraction of sp³-hybridized carbons (Fsp3) is 0.280. The summed E-state index contributed by atoms with van der Waals surface area (Å²) >= 11 is 0. The van der Waals surface area contributed by atoms with Crippen LogP contribution in [0.4, 0.5) is 11.4 Å². The molecule has 1 aliphatic carbocycles. The molecule has 0 atom stereocenters. The first-order valence-electron chi connectivity index (χ1n) is 10.7. The highest BCUT2D eigenvalue weighted by atomic mass is 16.2. The molecule has 0 spiro atoms. The van der Waals surface area contributed by atoms with E-state index in [-0.39, 0.29) is 23.1 Å². The number of carbonyl (C=O) groups is 4. The predicted molar refractivity (Wildman–Crippen MR) is 124 cm³/mol. The molecule has 0 heterocycles. The standard InChI is InChI=1S/C25H27N3O4/c1-17(29)27-22-10-6-5-9-21(22)23(30)25(32)28-20-13-11-19(12-14-20)24(31)26-16-15-18-7-3-2-4-8-18/h5-7,9-14H,2-4,8,15-16H2,1H3,(H,26,31)(H,27,29)(H,28,32). The van der Waals surface area contributed by atoms with Gasteiger partial charge in [0.1, 0.15) is 0 Å². The lowest BCUT2D eigenvalue weighted by molar-refractivity contribution is -0.114. The second-order valence-electron chi connectivity index (χ2n) is 7.70. The number of anilines is 2. The Morgan fingerprint density at radius 3 is 2.34 bits per heavy atom. The Labute approximate surface area is 187 Å². The van der Waals surface area contributed by atoms with Crippen molar-refractivity contribution >= 4 is 34.9 Å². The Morgan fingerprint density at radius 2 is 1.66 bits per heavy atom. The maximum atomic E-state index is 12.5. The van der Waals surface area contributed by atoms with Crippen molar-refractivity contribution < 1.29 is 19.2 Å². The lowest BCUT2D eigenvalue weighted by atomic mass is 9.97. The maximum absolute atomic E-state index is 12.5. The van der Waals surface area contributed by atoms with Crippen LogP contribution in [0.25, 0.3) is 0 Å². The molecule has 0 bridgehead atoms. The molecular weight excluding hydrogens is 406 g/mol. The molecule has 0 radical (unpaired) electrons. The molecule has 7 nitrogen and oxygen atoms in total. The molecule has 0 aromatic heterocycles. The highest BCUT2D eigenvalue weighted by Crippen LogP contribution is 2.20. The van der Waals surface area contributed by atoms with E-state index in [2.05, 4.69) is 22.0 Å². The zero-order valence-electron chi connectivity index (χ0n) is 18.1. The largest absolute Gasteiger partial charge is 0.352 e. The molecule has 0 saturated heterocycles. The molecule has 3 rings (SSSR count). The summed E-state index contributed by atoms with van der Waals surface area (Å²) in [6.45, 7) is 1.91. The van der Waals surface area contributed by atoms with E-state index in [1.54, 1.807) is 42.5 Å². The summed E-state index contributed by atoms with van der Waals surface area (Å²) in [5, 5.41) is 7.99. The van der Waals surface area contributed by atoms with E-state index in [1.807, 2.05) is 0 Å². The second kappa shape index (κ2) is 11.0. The van der Waals surface area contributed by atoms with Crippen LogP contribution in [0, 0.1) is 0 Å². The van der Waals surface area contributed by atoms with Crippen molar-refractivity contribution in [3.05, 3.63) is 71.3 Å². The van der Waals surface area contributed by atoms with Crippen LogP contribution in [-0.4, -0.2) is 30.0 Å². The molecule has 0 fully saturated rings. The van der Waals surface area contributed by atoms with Crippen molar-refractivity contribution in [2.45, 2.75) is 39.0 Å². The van der Waals surface area contributed by atoms with Crippen LogP contribution in [-0.2, 0) is 9.59 Å². The van der Waals surface area contributed by atoms with Crippen LogP contribution in [0.5, 0.6) is 0 Å². The maximum Gasteiger partial charge on any atom is 0.296 e. The van der Waals surface area contributed by atoms with Gasteiger partial charge in [-0.3, -0.25) is 19.2 Å². The van der Waals surface area contributed by atoms with Gasteiger partial charge in [0.05, 0.1) is 11.3 Å². The van der Waals surface area contributed by atoms with Gasteiger partial charge in [0.2, 0.25) is 5.91 Å². The molecule has 2 aromatic rings. The summed E-state index contributed by atoms with van der Waals surface area (Å²) in [5.41, 5.74) is 2.65. The first-order valence-corrected chi connectivity index (χ1v) is 10.7. The summed E-state index contributed by atoms with van der Waals surface area (Å²) in [6.07, 6.45) is 7.82. The van der Waals surface area contributed by atoms with Gasteiger partial charge in [-0.05, 0) is 68.5 Å². The number of amides is 3. The molecule has 2 aromatic carbocycles. The Kier molecular flexibility index (Phi) is 7.91.